The van der Waals surface area contributed by atoms with Gasteiger partial charge >= 0.3 is 0 Å². The number of halogens is 3. The van der Waals surface area contributed by atoms with Crippen molar-refractivity contribution in [2.75, 3.05) is 0 Å². The van der Waals surface area contributed by atoms with E-state index in [4.69, 9.17) is 0 Å². The van der Waals surface area contributed by atoms with Crippen molar-refractivity contribution >= 4 is 15.9 Å². The largest absolute Gasteiger partial charge is 0.386 e. The van der Waals surface area contributed by atoms with Crippen LogP contribution in [0.25, 0.3) is 0 Å². The van der Waals surface area contributed by atoms with Gasteiger partial charge in [-0.25, -0.2) is 8.78 Å². The molecular weight excluding hydrogens is 294 g/mol. The SMILES string of the molecule is OC(Cn1cc(Br)cn1)c1c(F)cccc1F. The molecule has 1 N–H and O–H groups in total. The molecule has 1 heterocycles. The predicted molar refractivity (Wildman–Crippen MR) is 61.2 cm³/mol. The van der Waals surface area contributed by atoms with Crippen LogP contribution in [0.3, 0.4) is 0 Å². The Kier molecular flexibility index (Phi) is 3.54. The molecule has 0 fully saturated rings. The van der Waals surface area contributed by atoms with Crippen LogP contribution in [0.15, 0.2) is 35.1 Å². The molecule has 0 aliphatic rings. The molecule has 0 radical (unpaired) electrons. The third-order valence-electron chi connectivity index (χ3n) is 2.29. The van der Waals surface area contributed by atoms with Gasteiger partial charge in [0.2, 0.25) is 0 Å². The molecule has 0 bridgehead atoms. The van der Waals surface area contributed by atoms with E-state index in [1.807, 2.05) is 0 Å². The third kappa shape index (κ3) is 2.70. The lowest BCUT2D eigenvalue weighted by molar-refractivity contribution is 0.142. The van der Waals surface area contributed by atoms with Crippen LogP contribution in [0.4, 0.5) is 8.78 Å². The van der Waals surface area contributed by atoms with Gasteiger partial charge in [0.05, 0.1) is 22.8 Å². The number of benzene rings is 1. The number of hydrogen-bond donors (Lipinski definition) is 1. The first-order chi connectivity index (χ1) is 8.08. The van der Waals surface area contributed by atoms with Crippen LogP contribution in [-0.2, 0) is 6.54 Å². The molecule has 0 spiro atoms. The molecule has 0 saturated carbocycles. The van der Waals surface area contributed by atoms with Crippen LogP contribution in [0, 0.1) is 11.6 Å². The highest BCUT2D eigenvalue weighted by Gasteiger charge is 2.18. The van der Waals surface area contributed by atoms with Gasteiger partial charge in [-0.15, -0.1) is 0 Å². The van der Waals surface area contributed by atoms with E-state index < -0.39 is 17.7 Å². The summed E-state index contributed by atoms with van der Waals surface area (Å²) in [5, 5.41) is 13.7. The summed E-state index contributed by atoms with van der Waals surface area (Å²) >= 11 is 3.19. The number of aliphatic hydroxyl groups is 1. The van der Waals surface area contributed by atoms with Gasteiger partial charge in [0.1, 0.15) is 17.7 Å². The molecule has 17 heavy (non-hydrogen) atoms. The topological polar surface area (TPSA) is 38.0 Å². The second-order valence-corrected chi connectivity index (χ2v) is 4.45. The molecule has 3 nitrogen and oxygen atoms in total. The smallest absolute Gasteiger partial charge is 0.132 e. The summed E-state index contributed by atoms with van der Waals surface area (Å²) in [6.07, 6.45) is 1.87. The van der Waals surface area contributed by atoms with Crippen LogP contribution in [0.1, 0.15) is 11.7 Å². The highest BCUT2D eigenvalue weighted by Crippen LogP contribution is 2.22. The van der Waals surface area contributed by atoms with Gasteiger partial charge in [-0.05, 0) is 28.1 Å². The monoisotopic (exact) mass is 302 g/mol. The average molecular weight is 303 g/mol. The second-order valence-electron chi connectivity index (χ2n) is 3.53. The zero-order valence-corrected chi connectivity index (χ0v) is 10.2. The molecule has 0 aliphatic carbocycles. The van der Waals surface area contributed by atoms with Crippen molar-refractivity contribution in [1.29, 1.82) is 0 Å². The molecule has 1 unspecified atom stereocenters. The van der Waals surface area contributed by atoms with Crippen molar-refractivity contribution in [3.63, 3.8) is 0 Å². The maximum absolute atomic E-state index is 13.4. The molecule has 1 aromatic carbocycles. The van der Waals surface area contributed by atoms with E-state index in [0.29, 0.717) is 0 Å². The van der Waals surface area contributed by atoms with Crippen molar-refractivity contribution < 1.29 is 13.9 Å². The number of hydrogen-bond acceptors (Lipinski definition) is 2. The Labute approximate surface area is 105 Å². The van der Waals surface area contributed by atoms with E-state index in [0.717, 1.165) is 16.6 Å². The summed E-state index contributed by atoms with van der Waals surface area (Å²) in [5.74, 6) is -1.52. The van der Waals surface area contributed by atoms with Gasteiger partial charge in [-0.1, -0.05) is 6.07 Å². The highest BCUT2D eigenvalue weighted by atomic mass is 79.9. The molecule has 2 rings (SSSR count). The summed E-state index contributed by atoms with van der Waals surface area (Å²) in [7, 11) is 0. The van der Waals surface area contributed by atoms with Crippen LogP contribution in [0.2, 0.25) is 0 Å². The number of aromatic nitrogens is 2. The quantitative estimate of drug-likeness (QED) is 0.946. The van der Waals surface area contributed by atoms with E-state index in [9.17, 15) is 13.9 Å². The minimum absolute atomic E-state index is 0.0105. The molecule has 1 atom stereocenters. The Bertz CT molecular complexity index is 510. The Hall–Kier alpha value is -1.27. The molecule has 0 saturated heterocycles. The number of nitrogens with zero attached hydrogens (tertiary/aromatic N) is 2. The lowest BCUT2D eigenvalue weighted by atomic mass is 10.1. The molecule has 1 aromatic heterocycles. The molecule has 2 aromatic rings. The van der Waals surface area contributed by atoms with Crippen molar-refractivity contribution in [1.82, 2.24) is 9.78 Å². The Morgan fingerprint density at radius 1 is 1.35 bits per heavy atom. The maximum Gasteiger partial charge on any atom is 0.132 e. The van der Waals surface area contributed by atoms with Crippen molar-refractivity contribution in [2.45, 2.75) is 12.6 Å². The Morgan fingerprint density at radius 3 is 2.53 bits per heavy atom. The molecule has 0 amide bonds. The third-order valence-corrected chi connectivity index (χ3v) is 2.70. The normalized spacial score (nSPS) is 12.7. The first-order valence-electron chi connectivity index (χ1n) is 4.88. The van der Waals surface area contributed by atoms with Crippen LogP contribution < -0.4 is 0 Å². The molecule has 6 heteroatoms. The van der Waals surface area contributed by atoms with Gasteiger partial charge in [-0.3, -0.25) is 4.68 Å². The fourth-order valence-electron chi connectivity index (χ4n) is 1.54. The predicted octanol–water partition coefficient (Wildman–Crippen LogP) is 2.66. The first-order valence-corrected chi connectivity index (χ1v) is 5.67. The minimum atomic E-state index is -1.28. The maximum atomic E-state index is 13.4. The fourth-order valence-corrected chi connectivity index (χ4v) is 1.86. The van der Waals surface area contributed by atoms with Crippen LogP contribution in [-0.4, -0.2) is 14.9 Å². The van der Waals surface area contributed by atoms with E-state index >= 15 is 0 Å². The molecule has 0 aliphatic heterocycles. The summed E-state index contributed by atoms with van der Waals surface area (Å²) in [4.78, 5) is 0. The van der Waals surface area contributed by atoms with E-state index in [-0.39, 0.29) is 12.1 Å². The second kappa shape index (κ2) is 4.93. The lowest BCUT2D eigenvalue weighted by Crippen LogP contribution is -2.12. The molecule has 90 valence electrons. The van der Waals surface area contributed by atoms with Gasteiger partial charge in [0.25, 0.3) is 0 Å². The summed E-state index contributed by atoms with van der Waals surface area (Å²) in [6.45, 7) is -0.0105. The van der Waals surface area contributed by atoms with E-state index in [2.05, 4.69) is 21.0 Å². The van der Waals surface area contributed by atoms with Crippen molar-refractivity contribution in [2.24, 2.45) is 0 Å². The van der Waals surface area contributed by atoms with Crippen LogP contribution in [0.5, 0.6) is 0 Å². The van der Waals surface area contributed by atoms with Gasteiger partial charge in [0, 0.05) is 6.20 Å². The van der Waals surface area contributed by atoms with Gasteiger partial charge in [0.15, 0.2) is 0 Å². The van der Waals surface area contributed by atoms with Crippen LogP contribution >= 0.6 is 15.9 Å². The first kappa shape index (κ1) is 12.2. The zero-order valence-electron chi connectivity index (χ0n) is 8.65. The average Bonchev–Trinajstić information content (AvgIpc) is 2.63. The van der Waals surface area contributed by atoms with Gasteiger partial charge < -0.3 is 5.11 Å². The number of rotatable bonds is 3. The van der Waals surface area contributed by atoms with E-state index in [1.54, 1.807) is 6.20 Å². The summed E-state index contributed by atoms with van der Waals surface area (Å²) in [5.41, 5.74) is -0.334. The van der Waals surface area contributed by atoms with E-state index in [1.165, 1.54) is 16.9 Å². The zero-order chi connectivity index (χ0) is 12.4. The highest BCUT2D eigenvalue weighted by molar-refractivity contribution is 9.10. The number of aliphatic hydroxyl groups excluding tert-OH is 1. The Morgan fingerprint density at radius 2 is 2.00 bits per heavy atom. The standard InChI is InChI=1S/C11H9BrF2N2O/c12-7-4-15-16(5-7)6-10(17)11-8(13)2-1-3-9(11)14/h1-5,10,17H,6H2. The van der Waals surface area contributed by atoms with Gasteiger partial charge in [-0.2, -0.15) is 5.10 Å². The Balaban J connectivity index is 2.22. The van der Waals surface area contributed by atoms with Crippen molar-refractivity contribution in [3.8, 4) is 0 Å². The van der Waals surface area contributed by atoms with Crippen molar-refractivity contribution in [3.05, 3.63) is 52.3 Å². The molecular formula is C11H9BrF2N2O. The summed E-state index contributed by atoms with van der Waals surface area (Å²) in [6, 6.07) is 3.48. The minimum Gasteiger partial charge on any atom is -0.386 e. The fraction of sp³-hybridized carbons (Fsp3) is 0.182. The lowest BCUT2D eigenvalue weighted by Gasteiger charge is -2.12. The summed E-state index contributed by atoms with van der Waals surface area (Å²) < 4.78 is 28.9.